The number of benzene rings is 1. The van der Waals surface area contributed by atoms with E-state index in [1.165, 1.54) is 0 Å². The normalized spacial score (nSPS) is 24.8. The summed E-state index contributed by atoms with van der Waals surface area (Å²) < 4.78 is 22.4. The van der Waals surface area contributed by atoms with Crippen LogP contribution in [0.3, 0.4) is 0 Å². The van der Waals surface area contributed by atoms with E-state index in [-0.39, 0.29) is 30.6 Å². The summed E-state index contributed by atoms with van der Waals surface area (Å²) in [6.45, 7) is 3.59. The van der Waals surface area contributed by atoms with Crippen molar-refractivity contribution in [3.8, 4) is 0 Å². The lowest BCUT2D eigenvalue weighted by Crippen LogP contribution is -2.40. The first-order valence-corrected chi connectivity index (χ1v) is 9.38. The van der Waals surface area contributed by atoms with Gasteiger partial charge in [0, 0.05) is 25.4 Å². The first-order chi connectivity index (χ1) is 13.2. The molecule has 1 heterocycles. The SMILES string of the molecule is CCOC1=NC(=O)C[C@@H]2C(COCc3ccccc3)=C[C@H](OCOC)C[C@H]12. The molecule has 0 unspecified atom stereocenters. The van der Waals surface area contributed by atoms with Gasteiger partial charge < -0.3 is 18.9 Å². The molecule has 1 aliphatic heterocycles. The molecule has 0 fully saturated rings. The van der Waals surface area contributed by atoms with E-state index in [1.54, 1.807) is 7.11 Å². The van der Waals surface area contributed by atoms with Crippen molar-refractivity contribution >= 4 is 11.8 Å². The summed E-state index contributed by atoms with van der Waals surface area (Å²) >= 11 is 0. The summed E-state index contributed by atoms with van der Waals surface area (Å²) in [7, 11) is 1.60. The zero-order valence-electron chi connectivity index (χ0n) is 15.9. The molecule has 1 aromatic rings. The van der Waals surface area contributed by atoms with E-state index >= 15 is 0 Å². The van der Waals surface area contributed by atoms with Gasteiger partial charge in [0.15, 0.2) is 5.90 Å². The third-order valence-corrected chi connectivity index (χ3v) is 4.87. The fourth-order valence-corrected chi connectivity index (χ4v) is 3.66. The summed E-state index contributed by atoms with van der Waals surface area (Å²) in [5.41, 5.74) is 2.19. The maximum Gasteiger partial charge on any atom is 0.249 e. The van der Waals surface area contributed by atoms with Gasteiger partial charge in [-0.1, -0.05) is 36.4 Å². The van der Waals surface area contributed by atoms with Crippen LogP contribution in [0.5, 0.6) is 0 Å². The molecule has 1 amide bonds. The van der Waals surface area contributed by atoms with Crippen molar-refractivity contribution in [2.45, 2.75) is 32.5 Å². The highest BCUT2D eigenvalue weighted by Crippen LogP contribution is 2.38. The highest BCUT2D eigenvalue weighted by Gasteiger charge is 2.40. The molecule has 0 saturated heterocycles. The smallest absolute Gasteiger partial charge is 0.249 e. The van der Waals surface area contributed by atoms with E-state index in [9.17, 15) is 4.79 Å². The number of carbonyl (C=O) groups is 1. The first-order valence-electron chi connectivity index (χ1n) is 9.38. The predicted molar refractivity (Wildman–Crippen MR) is 101 cm³/mol. The van der Waals surface area contributed by atoms with Crippen molar-refractivity contribution < 1.29 is 23.7 Å². The van der Waals surface area contributed by atoms with E-state index < -0.39 is 0 Å². The van der Waals surface area contributed by atoms with Crippen molar-refractivity contribution in [2.75, 3.05) is 27.1 Å². The topological polar surface area (TPSA) is 66.4 Å². The lowest BCUT2D eigenvalue weighted by Gasteiger charge is -2.37. The van der Waals surface area contributed by atoms with Gasteiger partial charge in [-0.15, -0.1) is 0 Å². The van der Waals surface area contributed by atoms with E-state index in [2.05, 4.69) is 11.1 Å². The van der Waals surface area contributed by atoms with Gasteiger partial charge in [-0.05, 0) is 24.5 Å². The number of nitrogens with zero attached hydrogens (tertiary/aromatic N) is 1. The number of hydrogen-bond donors (Lipinski definition) is 0. The third kappa shape index (κ3) is 5.25. The molecular formula is C21H27NO5. The van der Waals surface area contributed by atoms with Gasteiger partial charge in [0.25, 0.3) is 0 Å². The molecule has 6 nitrogen and oxygen atoms in total. The van der Waals surface area contributed by atoms with Crippen LogP contribution in [0.25, 0.3) is 0 Å². The van der Waals surface area contributed by atoms with E-state index in [0.29, 0.717) is 32.1 Å². The first kappa shape index (κ1) is 19.7. The number of methoxy groups -OCH3 is 1. The maximum atomic E-state index is 12.1. The van der Waals surface area contributed by atoms with Crippen LogP contribution in [-0.4, -0.2) is 45.0 Å². The zero-order chi connectivity index (χ0) is 19.1. The Bertz CT molecular complexity index is 685. The number of rotatable bonds is 8. The number of ether oxygens (including phenoxy) is 4. The molecule has 1 aromatic carbocycles. The molecule has 3 atom stereocenters. The Hall–Kier alpha value is -2.02. The van der Waals surface area contributed by atoms with Crippen molar-refractivity contribution in [2.24, 2.45) is 16.8 Å². The molecule has 146 valence electrons. The Labute approximate surface area is 160 Å². The molecule has 6 heteroatoms. The predicted octanol–water partition coefficient (Wildman–Crippen LogP) is 3.12. The number of aliphatic imine (C=N–C) groups is 1. The minimum Gasteiger partial charge on any atom is -0.481 e. The Morgan fingerprint density at radius 2 is 1.96 bits per heavy atom. The molecule has 0 bridgehead atoms. The number of carbonyl (C=O) groups excluding carboxylic acids is 1. The fraction of sp³-hybridized carbons (Fsp3) is 0.524. The lowest BCUT2D eigenvalue weighted by atomic mass is 9.74. The largest absolute Gasteiger partial charge is 0.481 e. The van der Waals surface area contributed by atoms with Crippen LogP contribution in [0.15, 0.2) is 47.0 Å². The van der Waals surface area contributed by atoms with Crippen LogP contribution in [0, 0.1) is 11.8 Å². The third-order valence-electron chi connectivity index (χ3n) is 4.87. The second kappa shape index (κ2) is 9.78. The average molecular weight is 373 g/mol. The standard InChI is InChI=1S/C21H27NO5/c1-3-26-21-19-10-17(27-14-24-2)9-16(18(19)11-20(23)22-21)13-25-12-15-7-5-4-6-8-15/h4-9,17-19H,3,10-14H2,1-2H3/t17-,18+,19-/m0/s1. The highest BCUT2D eigenvalue weighted by molar-refractivity contribution is 5.96. The van der Waals surface area contributed by atoms with Crippen molar-refractivity contribution in [1.29, 1.82) is 0 Å². The Morgan fingerprint density at radius 3 is 2.70 bits per heavy atom. The van der Waals surface area contributed by atoms with E-state index in [0.717, 1.165) is 17.6 Å². The zero-order valence-corrected chi connectivity index (χ0v) is 15.9. The van der Waals surface area contributed by atoms with E-state index in [4.69, 9.17) is 18.9 Å². The van der Waals surface area contributed by atoms with Crippen LogP contribution in [0.2, 0.25) is 0 Å². The van der Waals surface area contributed by atoms with Gasteiger partial charge >= 0.3 is 0 Å². The number of fused-ring (bicyclic) bond motifs is 1. The fourth-order valence-electron chi connectivity index (χ4n) is 3.66. The minimum atomic E-state index is -0.134. The monoisotopic (exact) mass is 373 g/mol. The molecule has 2 aliphatic rings. The summed E-state index contributed by atoms with van der Waals surface area (Å²) in [4.78, 5) is 16.2. The summed E-state index contributed by atoms with van der Waals surface area (Å²) in [5.74, 6) is 0.475. The Balaban J connectivity index is 1.72. The van der Waals surface area contributed by atoms with Crippen LogP contribution < -0.4 is 0 Å². The van der Waals surface area contributed by atoms with E-state index in [1.807, 2.05) is 37.3 Å². The molecular weight excluding hydrogens is 346 g/mol. The molecule has 1 aliphatic carbocycles. The Morgan fingerprint density at radius 1 is 1.15 bits per heavy atom. The van der Waals surface area contributed by atoms with Crippen LogP contribution in [0.4, 0.5) is 0 Å². The molecule has 27 heavy (non-hydrogen) atoms. The van der Waals surface area contributed by atoms with Gasteiger partial charge in [0.05, 0.1) is 25.9 Å². The molecule has 0 saturated carbocycles. The second-order valence-corrected chi connectivity index (χ2v) is 6.76. The summed E-state index contributed by atoms with van der Waals surface area (Å²) in [6, 6.07) is 10.0. The Kier molecular flexibility index (Phi) is 7.15. The number of amides is 1. The number of hydrogen-bond acceptors (Lipinski definition) is 5. The highest BCUT2D eigenvalue weighted by atomic mass is 16.7. The molecule has 0 aromatic heterocycles. The second-order valence-electron chi connectivity index (χ2n) is 6.76. The van der Waals surface area contributed by atoms with Gasteiger partial charge in [0.2, 0.25) is 5.91 Å². The van der Waals surface area contributed by atoms with Gasteiger partial charge in [0.1, 0.15) is 6.79 Å². The molecule has 0 N–H and O–H groups in total. The van der Waals surface area contributed by atoms with Crippen LogP contribution in [-0.2, 0) is 30.3 Å². The quantitative estimate of drug-likeness (QED) is 0.517. The molecule has 0 spiro atoms. The summed E-state index contributed by atoms with van der Waals surface area (Å²) in [6.07, 6.45) is 3.08. The van der Waals surface area contributed by atoms with Crippen molar-refractivity contribution in [3.63, 3.8) is 0 Å². The maximum absolute atomic E-state index is 12.1. The summed E-state index contributed by atoms with van der Waals surface area (Å²) in [5, 5.41) is 0. The lowest BCUT2D eigenvalue weighted by molar-refractivity contribution is -0.120. The van der Waals surface area contributed by atoms with Gasteiger partial charge in [-0.2, -0.15) is 4.99 Å². The average Bonchev–Trinajstić information content (AvgIpc) is 2.68. The van der Waals surface area contributed by atoms with Gasteiger partial charge in [-0.25, -0.2) is 0 Å². The molecule has 0 radical (unpaired) electrons. The van der Waals surface area contributed by atoms with Crippen molar-refractivity contribution in [3.05, 3.63) is 47.5 Å². The van der Waals surface area contributed by atoms with Crippen LogP contribution in [0.1, 0.15) is 25.3 Å². The van der Waals surface area contributed by atoms with Crippen molar-refractivity contribution in [1.82, 2.24) is 0 Å². The minimum absolute atomic E-state index is 0.0323. The van der Waals surface area contributed by atoms with Crippen LogP contribution >= 0.6 is 0 Å². The van der Waals surface area contributed by atoms with Gasteiger partial charge in [-0.3, -0.25) is 4.79 Å². The molecule has 3 rings (SSSR count).